The number of hydrogen-bond donors (Lipinski definition) is 1. The molecule has 2 nitrogen and oxygen atoms in total. The van der Waals surface area contributed by atoms with Crippen molar-refractivity contribution in [1.29, 1.82) is 0 Å². The minimum Gasteiger partial charge on any atom is -0.326 e. The first-order valence-corrected chi connectivity index (χ1v) is 5.69. The third-order valence-electron chi connectivity index (χ3n) is 3.23. The fourth-order valence-corrected chi connectivity index (χ4v) is 1.98. The second-order valence-corrected chi connectivity index (χ2v) is 4.61. The molecule has 0 saturated heterocycles. The standard InChI is InChI=1S/C13H20N2/c1-10-7-11(8-14)3-4-12(10)9-15(2)13-5-6-13/h3-4,7,13H,5-6,8-9,14H2,1-2H3. The fourth-order valence-electron chi connectivity index (χ4n) is 1.98. The number of nitrogens with two attached hydrogens (primary N) is 1. The third kappa shape index (κ3) is 2.58. The van der Waals surface area contributed by atoms with Gasteiger partial charge in [-0.05, 0) is 43.5 Å². The van der Waals surface area contributed by atoms with Gasteiger partial charge < -0.3 is 5.73 Å². The largest absolute Gasteiger partial charge is 0.326 e. The van der Waals surface area contributed by atoms with Crippen LogP contribution in [0.5, 0.6) is 0 Å². The monoisotopic (exact) mass is 204 g/mol. The molecule has 1 aliphatic rings. The van der Waals surface area contributed by atoms with Crippen molar-refractivity contribution in [2.75, 3.05) is 7.05 Å². The van der Waals surface area contributed by atoms with Crippen LogP contribution in [0.1, 0.15) is 29.5 Å². The van der Waals surface area contributed by atoms with Crippen LogP contribution in [0.15, 0.2) is 18.2 Å². The summed E-state index contributed by atoms with van der Waals surface area (Å²) in [6, 6.07) is 7.40. The van der Waals surface area contributed by atoms with Gasteiger partial charge in [0, 0.05) is 19.1 Å². The van der Waals surface area contributed by atoms with Crippen LogP contribution in [-0.2, 0) is 13.1 Å². The van der Waals surface area contributed by atoms with Gasteiger partial charge in [-0.15, -0.1) is 0 Å². The molecule has 0 spiro atoms. The summed E-state index contributed by atoms with van der Waals surface area (Å²) in [5.74, 6) is 0. The SMILES string of the molecule is Cc1cc(CN)ccc1CN(C)C1CC1. The first-order chi connectivity index (χ1) is 7.20. The van der Waals surface area contributed by atoms with Gasteiger partial charge in [-0.2, -0.15) is 0 Å². The molecule has 2 N–H and O–H groups in total. The van der Waals surface area contributed by atoms with Crippen LogP contribution in [0.4, 0.5) is 0 Å². The van der Waals surface area contributed by atoms with Crippen LogP contribution in [0, 0.1) is 6.92 Å². The van der Waals surface area contributed by atoms with E-state index < -0.39 is 0 Å². The minimum absolute atomic E-state index is 0.638. The van der Waals surface area contributed by atoms with Gasteiger partial charge in [0.2, 0.25) is 0 Å². The minimum atomic E-state index is 0.638. The van der Waals surface area contributed by atoms with E-state index in [9.17, 15) is 0 Å². The van der Waals surface area contributed by atoms with Crippen molar-refractivity contribution in [2.24, 2.45) is 5.73 Å². The molecule has 0 heterocycles. The summed E-state index contributed by atoms with van der Waals surface area (Å²) >= 11 is 0. The average Bonchev–Trinajstić information content (AvgIpc) is 3.04. The van der Waals surface area contributed by atoms with Gasteiger partial charge in [0.1, 0.15) is 0 Å². The van der Waals surface area contributed by atoms with E-state index in [2.05, 4.69) is 37.1 Å². The molecular weight excluding hydrogens is 184 g/mol. The van der Waals surface area contributed by atoms with Crippen LogP contribution in [-0.4, -0.2) is 18.0 Å². The van der Waals surface area contributed by atoms with Crippen LogP contribution in [0.3, 0.4) is 0 Å². The third-order valence-corrected chi connectivity index (χ3v) is 3.23. The predicted molar refractivity (Wildman–Crippen MR) is 63.6 cm³/mol. The highest BCUT2D eigenvalue weighted by molar-refractivity contribution is 5.31. The number of hydrogen-bond acceptors (Lipinski definition) is 2. The topological polar surface area (TPSA) is 29.3 Å². The Morgan fingerprint density at radius 3 is 2.67 bits per heavy atom. The van der Waals surface area contributed by atoms with Gasteiger partial charge in [0.05, 0.1) is 0 Å². The Balaban J connectivity index is 2.07. The van der Waals surface area contributed by atoms with Crippen molar-refractivity contribution >= 4 is 0 Å². The number of nitrogens with zero attached hydrogens (tertiary/aromatic N) is 1. The van der Waals surface area contributed by atoms with E-state index in [0.717, 1.165) is 12.6 Å². The molecule has 2 rings (SSSR count). The molecule has 82 valence electrons. The van der Waals surface area contributed by atoms with Crippen molar-refractivity contribution in [3.05, 3.63) is 34.9 Å². The first kappa shape index (κ1) is 10.7. The molecule has 0 aromatic heterocycles. The van der Waals surface area contributed by atoms with Gasteiger partial charge in [0.15, 0.2) is 0 Å². The zero-order valence-corrected chi connectivity index (χ0v) is 9.66. The zero-order valence-electron chi connectivity index (χ0n) is 9.66. The van der Waals surface area contributed by atoms with Crippen molar-refractivity contribution in [3.63, 3.8) is 0 Å². The maximum Gasteiger partial charge on any atom is 0.0236 e. The lowest BCUT2D eigenvalue weighted by molar-refractivity contribution is 0.316. The van der Waals surface area contributed by atoms with Crippen molar-refractivity contribution in [3.8, 4) is 0 Å². The Kier molecular flexibility index (Phi) is 3.08. The molecule has 2 heteroatoms. The normalized spacial score (nSPS) is 16.0. The quantitative estimate of drug-likeness (QED) is 0.813. The Morgan fingerprint density at radius 2 is 2.13 bits per heavy atom. The Bertz CT molecular complexity index is 342. The molecule has 0 amide bonds. The number of benzene rings is 1. The molecule has 1 saturated carbocycles. The molecule has 0 unspecified atom stereocenters. The molecule has 15 heavy (non-hydrogen) atoms. The van der Waals surface area contributed by atoms with Crippen LogP contribution >= 0.6 is 0 Å². The van der Waals surface area contributed by atoms with Gasteiger partial charge in [0.25, 0.3) is 0 Å². The Labute approximate surface area is 92.1 Å². The summed E-state index contributed by atoms with van der Waals surface area (Å²) in [7, 11) is 2.22. The summed E-state index contributed by atoms with van der Waals surface area (Å²) in [5.41, 5.74) is 9.64. The second kappa shape index (κ2) is 4.33. The predicted octanol–water partition coefficient (Wildman–Crippen LogP) is 2.05. The number of aryl methyl sites for hydroxylation is 1. The van der Waals surface area contributed by atoms with E-state index in [0.29, 0.717) is 6.54 Å². The van der Waals surface area contributed by atoms with Crippen molar-refractivity contribution in [1.82, 2.24) is 4.90 Å². The molecular formula is C13H20N2. The van der Waals surface area contributed by atoms with Crippen molar-refractivity contribution < 1.29 is 0 Å². The lowest BCUT2D eigenvalue weighted by atomic mass is 10.0. The maximum atomic E-state index is 5.62. The summed E-state index contributed by atoms with van der Waals surface area (Å²) < 4.78 is 0. The first-order valence-electron chi connectivity index (χ1n) is 5.69. The summed E-state index contributed by atoms with van der Waals surface area (Å²) in [6.07, 6.45) is 2.74. The highest BCUT2D eigenvalue weighted by Gasteiger charge is 2.25. The van der Waals surface area contributed by atoms with E-state index in [1.165, 1.54) is 29.5 Å². The molecule has 0 atom stereocenters. The van der Waals surface area contributed by atoms with Crippen molar-refractivity contribution in [2.45, 2.75) is 38.9 Å². The van der Waals surface area contributed by atoms with Crippen LogP contribution in [0.25, 0.3) is 0 Å². The highest BCUT2D eigenvalue weighted by Crippen LogP contribution is 2.27. The molecule has 0 aliphatic heterocycles. The summed E-state index contributed by atoms with van der Waals surface area (Å²) in [4.78, 5) is 2.45. The lowest BCUT2D eigenvalue weighted by Crippen LogP contribution is -2.20. The average molecular weight is 204 g/mol. The van der Waals surface area contributed by atoms with Crippen LogP contribution in [0.2, 0.25) is 0 Å². The molecule has 1 fully saturated rings. The number of rotatable bonds is 4. The van der Waals surface area contributed by atoms with Gasteiger partial charge in [-0.1, -0.05) is 18.2 Å². The molecule has 1 aromatic rings. The smallest absolute Gasteiger partial charge is 0.0236 e. The summed E-state index contributed by atoms with van der Waals surface area (Å²) in [6.45, 7) is 3.89. The maximum absolute atomic E-state index is 5.62. The Morgan fingerprint density at radius 1 is 1.40 bits per heavy atom. The van der Waals surface area contributed by atoms with E-state index in [1.54, 1.807) is 0 Å². The zero-order chi connectivity index (χ0) is 10.8. The molecule has 1 aliphatic carbocycles. The molecule has 0 bridgehead atoms. The molecule has 0 radical (unpaired) electrons. The van der Waals surface area contributed by atoms with Gasteiger partial charge >= 0.3 is 0 Å². The van der Waals surface area contributed by atoms with Gasteiger partial charge in [-0.3, -0.25) is 4.90 Å². The highest BCUT2D eigenvalue weighted by atomic mass is 15.1. The van der Waals surface area contributed by atoms with E-state index in [4.69, 9.17) is 5.73 Å². The summed E-state index contributed by atoms with van der Waals surface area (Å²) in [5, 5.41) is 0. The second-order valence-electron chi connectivity index (χ2n) is 4.61. The fraction of sp³-hybridized carbons (Fsp3) is 0.538. The molecule has 1 aromatic carbocycles. The van der Waals surface area contributed by atoms with Gasteiger partial charge in [-0.25, -0.2) is 0 Å². The van der Waals surface area contributed by atoms with E-state index in [1.807, 2.05) is 0 Å². The Hall–Kier alpha value is -0.860. The van der Waals surface area contributed by atoms with E-state index in [-0.39, 0.29) is 0 Å². The lowest BCUT2D eigenvalue weighted by Gasteiger charge is -2.17. The van der Waals surface area contributed by atoms with Crippen LogP contribution < -0.4 is 5.73 Å². The van der Waals surface area contributed by atoms with E-state index >= 15 is 0 Å².